The van der Waals surface area contributed by atoms with E-state index >= 15 is 0 Å². The average molecular weight is 233 g/mol. The molecule has 0 radical (unpaired) electrons. The predicted octanol–water partition coefficient (Wildman–Crippen LogP) is 2.39. The Kier molecular flexibility index (Phi) is 4.46. The summed E-state index contributed by atoms with van der Waals surface area (Å²) in [7, 11) is 0. The zero-order valence-corrected chi connectivity index (χ0v) is 9.81. The van der Waals surface area contributed by atoms with Gasteiger partial charge in [0.1, 0.15) is 0 Å². The summed E-state index contributed by atoms with van der Waals surface area (Å²) < 4.78 is 0. The molecule has 0 bridgehead atoms. The number of nitrogens with one attached hydrogen (secondary N) is 1. The first-order valence-corrected chi connectivity index (χ1v) is 5.31. The standard InChI is InChI=1S/C13H15NO3/c1-9(2)10-3-5-11(6-4-10)14-12(15)7-8-13(16)17/h3-9H,1-2H3,(H,14,15)(H,16,17)/b8-7+. The van der Waals surface area contributed by atoms with Gasteiger partial charge in [0.05, 0.1) is 0 Å². The smallest absolute Gasteiger partial charge is 0.328 e. The Bertz CT molecular complexity index is 432. The van der Waals surface area contributed by atoms with E-state index in [1.807, 2.05) is 12.1 Å². The number of benzene rings is 1. The summed E-state index contributed by atoms with van der Waals surface area (Å²) in [5, 5.41) is 10.9. The molecule has 0 spiro atoms. The van der Waals surface area contributed by atoms with Gasteiger partial charge >= 0.3 is 5.97 Å². The second-order valence-corrected chi connectivity index (χ2v) is 3.94. The lowest BCUT2D eigenvalue weighted by molar-refractivity contribution is -0.131. The molecule has 0 aliphatic carbocycles. The number of carbonyl (C=O) groups is 2. The van der Waals surface area contributed by atoms with E-state index in [0.717, 1.165) is 12.2 Å². The lowest BCUT2D eigenvalue weighted by Gasteiger charge is -2.06. The van der Waals surface area contributed by atoms with Gasteiger partial charge in [-0.3, -0.25) is 4.79 Å². The fourth-order valence-electron chi connectivity index (χ4n) is 1.28. The fraction of sp³-hybridized carbons (Fsp3) is 0.231. The molecule has 4 heteroatoms. The van der Waals surface area contributed by atoms with Gasteiger partial charge in [-0.1, -0.05) is 26.0 Å². The van der Waals surface area contributed by atoms with E-state index in [1.54, 1.807) is 12.1 Å². The first-order chi connectivity index (χ1) is 7.99. The Morgan fingerprint density at radius 2 is 1.76 bits per heavy atom. The van der Waals surface area contributed by atoms with Gasteiger partial charge < -0.3 is 10.4 Å². The molecule has 1 amide bonds. The van der Waals surface area contributed by atoms with Gasteiger partial charge in [0.2, 0.25) is 5.91 Å². The zero-order chi connectivity index (χ0) is 12.8. The fourth-order valence-corrected chi connectivity index (χ4v) is 1.28. The van der Waals surface area contributed by atoms with Crippen molar-refractivity contribution in [1.29, 1.82) is 0 Å². The minimum absolute atomic E-state index is 0.437. The van der Waals surface area contributed by atoms with Gasteiger partial charge in [-0.25, -0.2) is 4.79 Å². The summed E-state index contributed by atoms with van der Waals surface area (Å²) in [6, 6.07) is 7.45. The molecule has 0 heterocycles. The van der Waals surface area contributed by atoms with Crippen LogP contribution in [0.5, 0.6) is 0 Å². The van der Waals surface area contributed by atoms with Crippen LogP contribution in [0.3, 0.4) is 0 Å². The van der Waals surface area contributed by atoms with Crippen LogP contribution in [0.1, 0.15) is 25.3 Å². The van der Waals surface area contributed by atoms with Crippen molar-refractivity contribution < 1.29 is 14.7 Å². The average Bonchev–Trinajstić information content (AvgIpc) is 2.27. The second kappa shape index (κ2) is 5.84. The number of hydrogen-bond acceptors (Lipinski definition) is 2. The van der Waals surface area contributed by atoms with E-state index in [1.165, 1.54) is 5.56 Å². The molecule has 17 heavy (non-hydrogen) atoms. The molecule has 0 aliphatic heterocycles. The van der Waals surface area contributed by atoms with Crippen LogP contribution in [-0.4, -0.2) is 17.0 Å². The van der Waals surface area contributed by atoms with Crippen molar-refractivity contribution in [3.05, 3.63) is 42.0 Å². The largest absolute Gasteiger partial charge is 0.478 e. The van der Waals surface area contributed by atoms with E-state index in [4.69, 9.17) is 5.11 Å². The van der Waals surface area contributed by atoms with Crippen molar-refractivity contribution in [3.8, 4) is 0 Å². The highest BCUT2D eigenvalue weighted by Gasteiger charge is 2.01. The number of carboxylic acid groups (broad SMARTS) is 1. The van der Waals surface area contributed by atoms with E-state index in [2.05, 4.69) is 19.2 Å². The molecule has 0 aromatic heterocycles. The molecule has 0 saturated heterocycles. The topological polar surface area (TPSA) is 66.4 Å². The van der Waals surface area contributed by atoms with Gasteiger partial charge in [0, 0.05) is 17.8 Å². The van der Waals surface area contributed by atoms with Gasteiger partial charge in [0.15, 0.2) is 0 Å². The molecule has 0 saturated carbocycles. The highest BCUT2D eigenvalue weighted by Crippen LogP contribution is 2.16. The quantitative estimate of drug-likeness (QED) is 0.785. The SMILES string of the molecule is CC(C)c1ccc(NC(=O)/C=C/C(=O)O)cc1. The van der Waals surface area contributed by atoms with Gasteiger partial charge in [0.25, 0.3) is 0 Å². The zero-order valence-electron chi connectivity index (χ0n) is 9.81. The Balaban J connectivity index is 2.63. The maximum absolute atomic E-state index is 11.3. The first-order valence-electron chi connectivity index (χ1n) is 5.31. The predicted molar refractivity (Wildman–Crippen MR) is 65.9 cm³/mol. The number of aliphatic carboxylic acids is 1. The van der Waals surface area contributed by atoms with E-state index in [-0.39, 0.29) is 0 Å². The minimum atomic E-state index is -1.14. The first kappa shape index (κ1) is 13.0. The molecule has 2 N–H and O–H groups in total. The number of rotatable bonds is 4. The van der Waals surface area contributed by atoms with Crippen LogP contribution < -0.4 is 5.32 Å². The van der Waals surface area contributed by atoms with E-state index in [9.17, 15) is 9.59 Å². The summed E-state index contributed by atoms with van der Waals surface area (Å²) in [5.74, 6) is -1.16. The van der Waals surface area contributed by atoms with Crippen molar-refractivity contribution in [3.63, 3.8) is 0 Å². The summed E-state index contributed by atoms with van der Waals surface area (Å²) >= 11 is 0. The number of amides is 1. The third-order valence-electron chi connectivity index (χ3n) is 2.22. The summed E-state index contributed by atoms with van der Waals surface area (Å²) in [4.78, 5) is 21.5. The Morgan fingerprint density at radius 3 is 2.24 bits per heavy atom. The number of carbonyl (C=O) groups excluding carboxylic acids is 1. The molecule has 0 fully saturated rings. The van der Waals surface area contributed by atoms with Crippen LogP contribution in [0, 0.1) is 0 Å². The molecule has 0 aliphatic rings. The molecule has 1 aromatic carbocycles. The van der Waals surface area contributed by atoms with Crippen molar-refractivity contribution in [1.82, 2.24) is 0 Å². The van der Waals surface area contributed by atoms with Crippen LogP contribution in [0.25, 0.3) is 0 Å². The Hall–Kier alpha value is -2.10. The van der Waals surface area contributed by atoms with Crippen molar-refractivity contribution in [2.75, 3.05) is 5.32 Å². The van der Waals surface area contributed by atoms with Crippen LogP contribution in [-0.2, 0) is 9.59 Å². The second-order valence-electron chi connectivity index (χ2n) is 3.94. The molecular weight excluding hydrogens is 218 g/mol. The van der Waals surface area contributed by atoms with Gasteiger partial charge in [-0.15, -0.1) is 0 Å². The number of carboxylic acids is 1. The van der Waals surface area contributed by atoms with Crippen molar-refractivity contribution in [2.45, 2.75) is 19.8 Å². The Labute approximate surface area is 100.0 Å². The molecular formula is C13H15NO3. The maximum atomic E-state index is 11.3. The van der Waals surface area contributed by atoms with Crippen LogP contribution in [0.4, 0.5) is 5.69 Å². The van der Waals surface area contributed by atoms with Crippen molar-refractivity contribution in [2.24, 2.45) is 0 Å². The van der Waals surface area contributed by atoms with Crippen LogP contribution in [0.2, 0.25) is 0 Å². The minimum Gasteiger partial charge on any atom is -0.478 e. The lowest BCUT2D eigenvalue weighted by atomic mass is 10.0. The van der Waals surface area contributed by atoms with Gasteiger partial charge in [-0.2, -0.15) is 0 Å². The highest BCUT2D eigenvalue weighted by atomic mass is 16.4. The molecule has 90 valence electrons. The lowest BCUT2D eigenvalue weighted by Crippen LogP contribution is -2.08. The maximum Gasteiger partial charge on any atom is 0.328 e. The molecule has 0 unspecified atom stereocenters. The molecule has 1 aromatic rings. The van der Waals surface area contributed by atoms with E-state index < -0.39 is 11.9 Å². The van der Waals surface area contributed by atoms with Gasteiger partial charge in [-0.05, 0) is 23.6 Å². The Morgan fingerprint density at radius 1 is 1.18 bits per heavy atom. The monoisotopic (exact) mass is 233 g/mol. The van der Waals surface area contributed by atoms with E-state index in [0.29, 0.717) is 11.6 Å². The third-order valence-corrected chi connectivity index (χ3v) is 2.22. The van der Waals surface area contributed by atoms with Crippen molar-refractivity contribution >= 4 is 17.6 Å². The number of hydrogen-bond donors (Lipinski definition) is 2. The van der Waals surface area contributed by atoms with Crippen LogP contribution >= 0.6 is 0 Å². The summed E-state index contributed by atoms with van der Waals surface area (Å²) in [5.41, 5.74) is 1.83. The number of anilines is 1. The summed E-state index contributed by atoms with van der Waals surface area (Å²) in [6.45, 7) is 4.17. The summed E-state index contributed by atoms with van der Waals surface area (Å²) in [6.07, 6.45) is 1.79. The highest BCUT2D eigenvalue weighted by molar-refractivity contribution is 6.02. The van der Waals surface area contributed by atoms with Crippen LogP contribution in [0.15, 0.2) is 36.4 Å². The third kappa shape index (κ3) is 4.51. The molecule has 1 rings (SSSR count). The normalized spacial score (nSPS) is 10.8. The molecule has 4 nitrogen and oxygen atoms in total. The molecule has 0 atom stereocenters.